The second kappa shape index (κ2) is 7.78. The number of hydrogen-bond acceptors (Lipinski definition) is 4. The van der Waals surface area contributed by atoms with Gasteiger partial charge in [0, 0.05) is 24.1 Å². The average molecular weight is 303 g/mol. The van der Waals surface area contributed by atoms with Gasteiger partial charge in [-0.1, -0.05) is 6.07 Å². The fourth-order valence-corrected chi connectivity index (χ4v) is 1.81. The second-order valence-electron chi connectivity index (χ2n) is 4.89. The van der Waals surface area contributed by atoms with Gasteiger partial charge in [-0.2, -0.15) is 5.26 Å². The van der Waals surface area contributed by atoms with Crippen LogP contribution in [-0.4, -0.2) is 28.9 Å². The molecule has 0 saturated heterocycles. The predicted octanol–water partition coefficient (Wildman–Crippen LogP) is 1.38. The van der Waals surface area contributed by atoms with Crippen LogP contribution in [0.3, 0.4) is 0 Å². The molecule has 0 bridgehead atoms. The third-order valence-corrected chi connectivity index (χ3v) is 2.86. The molecular weight excluding hydrogens is 286 g/mol. The third kappa shape index (κ3) is 5.25. The maximum absolute atomic E-state index is 12.1. The molecule has 3 N–H and O–H groups in total. The Morgan fingerprint density at radius 2 is 2.05 bits per heavy atom. The Morgan fingerprint density at radius 1 is 1.36 bits per heavy atom. The SMILES string of the molecule is CC(=O)Nc1cccc(C(=O)N[C@H](C[C@H](C)C#N)C(=O)O)c1. The lowest BCUT2D eigenvalue weighted by molar-refractivity contribution is -0.139. The van der Waals surface area contributed by atoms with Crippen molar-refractivity contribution in [2.45, 2.75) is 26.3 Å². The van der Waals surface area contributed by atoms with Crippen molar-refractivity contribution in [1.82, 2.24) is 5.32 Å². The summed E-state index contributed by atoms with van der Waals surface area (Å²) in [6, 6.07) is 6.93. The summed E-state index contributed by atoms with van der Waals surface area (Å²) in [6.45, 7) is 2.93. The van der Waals surface area contributed by atoms with Crippen molar-refractivity contribution in [1.29, 1.82) is 5.26 Å². The Hall–Kier alpha value is -2.88. The van der Waals surface area contributed by atoms with Crippen LogP contribution in [0.2, 0.25) is 0 Å². The number of rotatable bonds is 6. The third-order valence-electron chi connectivity index (χ3n) is 2.86. The summed E-state index contributed by atoms with van der Waals surface area (Å²) in [4.78, 5) is 34.2. The molecule has 1 aromatic rings. The molecule has 22 heavy (non-hydrogen) atoms. The average Bonchev–Trinajstić information content (AvgIpc) is 2.45. The number of carboxylic acid groups (broad SMARTS) is 1. The van der Waals surface area contributed by atoms with E-state index >= 15 is 0 Å². The van der Waals surface area contributed by atoms with E-state index in [9.17, 15) is 14.4 Å². The molecule has 2 amide bonds. The van der Waals surface area contributed by atoms with E-state index in [1.54, 1.807) is 19.1 Å². The lowest BCUT2D eigenvalue weighted by Gasteiger charge is -2.15. The molecule has 0 aliphatic carbocycles. The number of anilines is 1. The van der Waals surface area contributed by atoms with Crippen LogP contribution in [0.5, 0.6) is 0 Å². The normalized spacial score (nSPS) is 12.6. The van der Waals surface area contributed by atoms with E-state index in [1.165, 1.54) is 19.1 Å². The minimum absolute atomic E-state index is 0.0168. The van der Waals surface area contributed by atoms with E-state index in [4.69, 9.17) is 10.4 Å². The summed E-state index contributed by atoms with van der Waals surface area (Å²) in [5.41, 5.74) is 0.666. The van der Waals surface area contributed by atoms with Gasteiger partial charge in [-0.3, -0.25) is 9.59 Å². The highest BCUT2D eigenvalue weighted by Gasteiger charge is 2.23. The number of hydrogen-bond donors (Lipinski definition) is 3. The molecule has 0 radical (unpaired) electrons. The van der Waals surface area contributed by atoms with Gasteiger partial charge >= 0.3 is 5.97 Å². The summed E-state index contributed by atoms with van der Waals surface area (Å²) >= 11 is 0. The molecule has 7 nitrogen and oxygen atoms in total. The van der Waals surface area contributed by atoms with Crippen LogP contribution in [0.15, 0.2) is 24.3 Å². The van der Waals surface area contributed by atoms with Crippen molar-refractivity contribution in [2.75, 3.05) is 5.32 Å². The van der Waals surface area contributed by atoms with Gasteiger partial charge in [-0.25, -0.2) is 4.79 Å². The highest BCUT2D eigenvalue weighted by Crippen LogP contribution is 2.12. The highest BCUT2D eigenvalue weighted by molar-refractivity contribution is 5.98. The molecule has 0 unspecified atom stereocenters. The summed E-state index contributed by atoms with van der Waals surface area (Å²) in [5, 5.41) is 22.8. The zero-order chi connectivity index (χ0) is 16.7. The lowest BCUT2D eigenvalue weighted by atomic mass is 10.0. The van der Waals surface area contributed by atoms with Gasteiger partial charge in [0.15, 0.2) is 0 Å². The van der Waals surface area contributed by atoms with Gasteiger partial charge in [0.1, 0.15) is 6.04 Å². The summed E-state index contributed by atoms with van der Waals surface area (Å²) in [6.07, 6.45) is 0.0168. The topological polar surface area (TPSA) is 119 Å². The Bertz CT molecular complexity index is 621. The molecule has 0 aromatic heterocycles. The van der Waals surface area contributed by atoms with E-state index in [1.807, 2.05) is 6.07 Å². The van der Waals surface area contributed by atoms with Gasteiger partial charge in [-0.15, -0.1) is 0 Å². The number of nitrogens with one attached hydrogen (secondary N) is 2. The van der Waals surface area contributed by atoms with E-state index in [2.05, 4.69) is 10.6 Å². The number of carbonyl (C=O) groups is 3. The molecule has 0 spiro atoms. The van der Waals surface area contributed by atoms with E-state index in [0.717, 1.165) is 0 Å². The molecule has 0 aliphatic rings. The molecule has 1 rings (SSSR count). The van der Waals surface area contributed by atoms with Gasteiger partial charge in [0.05, 0.1) is 6.07 Å². The molecule has 0 saturated carbocycles. The molecule has 0 fully saturated rings. The maximum atomic E-state index is 12.1. The molecule has 116 valence electrons. The first-order chi connectivity index (χ1) is 10.3. The zero-order valence-corrected chi connectivity index (χ0v) is 12.3. The zero-order valence-electron chi connectivity index (χ0n) is 12.3. The first-order valence-electron chi connectivity index (χ1n) is 6.64. The van der Waals surface area contributed by atoms with Gasteiger partial charge in [0.25, 0.3) is 5.91 Å². The summed E-state index contributed by atoms with van der Waals surface area (Å²) in [5.74, 6) is -2.55. The standard InChI is InChI=1S/C15H17N3O4/c1-9(8-16)6-13(15(21)22)18-14(20)11-4-3-5-12(7-11)17-10(2)19/h3-5,7,9,13H,6H2,1-2H3,(H,17,19)(H,18,20)(H,21,22)/t9-,13+/m0/s1. The molecule has 1 aromatic carbocycles. The lowest BCUT2D eigenvalue weighted by Crippen LogP contribution is -2.41. The Morgan fingerprint density at radius 3 is 2.59 bits per heavy atom. The number of carboxylic acids is 1. The fraction of sp³-hybridized carbons (Fsp3) is 0.333. The number of aliphatic carboxylic acids is 1. The van der Waals surface area contributed by atoms with Crippen molar-refractivity contribution in [3.05, 3.63) is 29.8 Å². The van der Waals surface area contributed by atoms with Crippen LogP contribution < -0.4 is 10.6 Å². The number of nitrogens with zero attached hydrogens (tertiary/aromatic N) is 1. The molecule has 7 heteroatoms. The minimum Gasteiger partial charge on any atom is -0.480 e. The van der Waals surface area contributed by atoms with E-state index in [0.29, 0.717) is 5.69 Å². The van der Waals surface area contributed by atoms with Gasteiger partial charge in [-0.05, 0) is 31.5 Å². The van der Waals surface area contributed by atoms with E-state index < -0.39 is 23.8 Å². The first-order valence-corrected chi connectivity index (χ1v) is 6.64. The van der Waals surface area contributed by atoms with Crippen LogP contribution in [0.25, 0.3) is 0 Å². The van der Waals surface area contributed by atoms with Gasteiger partial charge < -0.3 is 15.7 Å². The quantitative estimate of drug-likeness (QED) is 0.733. The largest absolute Gasteiger partial charge is 0.480 e. The maximum Gasteiger partial charge on any atom is 0.326 e. The fourth-order valence-electron chi connectivity index (χ4n) is 1.81. The molecule has 0 aliphatic heterocycles. The van der Waals surface area contributed by atoms with Crippen molar-refractivity contribution in [3.8, 4) is 6.07 Å². The number of benzene rings is 1. The van der Waals surface area contributed by atoms with Crippen LogP contribution in [0.1, 0.15) is 30.6 Å². The second-order valence-corrected chi connectivity index (χ2v) is 4.89. The molecule has 0 heterocycles. The highest BCUT2D eigenvalue weighted by atomic mass is 16.4. The van der Waals surface area contributed by atoms with Crippen LogP contribution in [0.4, 0.5) is 5.69 Å². The monoisotopic (exact) mass is 303 g/mol. The molecular formula is C15H17N3O4. The number of carbonyl (C=O) groups excluding carboxylic acids is 2. The number of amides is 2. The van der Waals surface area contributed by atoms with Crippen LogP contribution in [-0.2, 0) is 9.59 Å². The molecule has 2 atom stereocenters. The Balaban J connectivity index is 2.84. The van der Waals surface area contributed by atoms with Crippen molar-refractivity contribution >= 4 is 23.5 Å². The summed E-state index contributed by atoms with van der Waals surface area (Å²) < 4.78 is 0. The number of nitriles is 1. The van der Waals surface area contributed by atoms with Crippen molar-refractivity contribution < 1.29 is 19.5 Å². The van der Waals surface area contributed by atoms with Crippen molar-refractivity contribution in [2.24, 2.45) is 5.92 Å². The smallest absolute Gasteiger partial charge is 0.326 e. The minimum atomic E-state index is -1.20. The van der Waals surface area contributed by atoms with Crippen LogP contribution in [0, 0.1) is 17.2 Å². The van der Waals surface area contributed by atoms with E-state index in [-0.39, 0.29) is 17.9 Å². The van der Waals surface area contributed by atoms with Gasteiger partial charge in [0.2, 0.25) is 5.91 Å². The Labute approximate surface area is 127 Å². The first kappa shape index (κ1) is 17.2. The summed E-state index contributed by atoms with van der Waals surface area (Å²) in [7, 11) is 0. The van der Waals surface area contributed by atoms with Crippen molar-refractivity contribution in [3.63, 3.8) is 0 Å². The Kier molecular flexibility index (Phi) is 6.08. The predicted molar refractivity (Wildman–Crippen MR) is 79.0 cm³/mol. The van der Waals surface area contributed by atoms with Crippen LogP contribution >= 0.6 is 0 Å².